The van der Waals surface area contributed by atoms with E-state index in [0.717, 1.165) is 17.9 Å². The first-order valence-electron chi connectivity index (χ1n) is 7.69. The molecule has 0 unspecified atom stereocenters. The van der Waals surface area contributed by atoms with Crippen molar-refractivity contribution in [2.24, 2.45) is 4.99 Å². The van der Waals surface area contributed by atoms with E-state index in [1.54, 1.807) is 30.4 Å². The highest BCUT2D eigenvalue weighted by Crippen LogP contribution is 2.34. The van der Waals surface area contributed by atoms with Crippen molar-refractivity contribution in [2.75, 3.05) is 13.7 Å². The second-order valence-electron chi connectivity index (χ2n) is 5.18. The summed E-state index contributed by atoms with van der Waals surface area (Å²) in [4.78, 5) is 19.6. The summed E-state index contributed by atoms with van der Waals surface area (Å²) >= 11 is 1.37. The second kappa shape index (κ2) is 7.40. The number of nitrogens with zero attached hydrogens (tertiary/aromatic N) is 2. The number of thioether (sulfide) groups is 1. The molecule has 1 aromatic heterocycles. The minimum absolute atomic E-state index is 0.0366. The quantitative estimate of drug-likeness (QED) is 0.760. The fraction of sp³-hybridized carbons (Fsp3) is 0.222. The summed E-state index contributed by atoms with van der Waals surface area (Å²) in [6.45, 7) is 2.67. The zero-order valence-electron chi connectivity index (χ0n) is 13.6. The minimum Gasteiger partial charge on any atom is -0.497 e. The van der Waals surface area contributed by atoms with E-state index in [1.165, 1.54) is 11.8 Å². The number of hydrogen-bond donors (Lipinski definition) is 0. The molecule has 2 heterocycles. The lowest BCUT2D eigenvalue weighted by Gasteiger charge is -2.13. The molecule has 1 amide bonds. The summed E-state index contributed by atoms with van der Waals surface area (Å²) < 4.78 is 10.5. The number of benzene rings is 1. The largest absolute Gasteiger partial charge is 0.497 e. The van der Waals surface area contributed by atoms with E-state index in [9.17, 15) is 4.79 Å². The van der Waals surface area contributed by atoms with Crippen molar-refractivity contribution in [3.63, 3.8) is 0 Å². The summed E-state index contributed by atoms with van der Waals surface area (Å²) in [7, 11) is 1.63. The number of carbonyl (C=O) groups excluding carboxylic acids is 1. The molecule has 24 heavy (non-hydrogen) atoms. The number of ether oxygens (including phenoxy) is 1. The highest BCUT2D eigenvalue weighted by molar-refractivity contribution is 8.18. The average molecular weight is 342 g/mol. The van der Waals surface area contributed by atoms with Gasteiger partial charge in [-0.05, 0) is 54.6 Å². The number of hydrogen-bond acceptors (Lipinski definition) is 5. The van der Waals surface area contributed by atoms with E-state index in [1.807, 2.05) is 37.3 Å². The molecule has 124 valence electrons. The summed E-state index contributed by atoms with van der Waals surface area (Å²) in [5.41, 5.74) is 0.784. The van der Waals surface area contributed by atoms with Gasteiger partial charge in [0, 0.05) is 12.6 Å². The van der Waals surface area contributed by atoms with Gasteiger partial charge in [0.1, 0.15) is 11.5 Å². The smallest absolute Gasteiger partial charge is 0.266 e. The second-order valence-corrected chi connectivity index (χ2v) is 6.18. The van der Waals surface area contributed by atoms with Crippen LogP contribution in [0.4, 0.5) is 5.69 Å². The first kappa shape index (κ1) is 16.4. The van der Waals surface area contributed by atoms with Crippen LogP contribution in [-0.2, 0) is 4.79 Å². The Morgan fingerprint density at radius 2 is 2.08 bits per heavy atom. The molecule has 1 fully saturated rings. The molecular formula is C18H18N2O3S. The van der Waals surface area contributed by atoms with Crippen molar-refractivity contribution in [3.05, 3.63) is 53.3 Å². The van der Waals surface area contributed by atoms with Crippen molar-refractivity contribution in [1.82, 2.24) is 4.90 Å². The van der Waals surface area contributed by atoms with Crippen LogP contribution >= 0.6 is 11.8 Å². The Bertz CT molecular complexity index is 764. The molecule has 1 aliphatic rings. The summed E-state index contributed by atoms with van der Waals surface area (Å²) in [6.07, 6.45) is 4.21. The van der Waals surface area contributed by atoms with E-state index >= 15 is 0 Å². The Labute approximate surface area is 145 Å². The van der Waals surface area contributed by atoms with Crippen molar-refractivity contribution in [3.8, 4) is 5.75 Å². The predicted molar refractivity (Wildman–Crippen MR) is 96.4 cm³/mol. The fourth-order valence-electron chi connectivity index (χ4n) is 2.28. The summed E-state index contributed by atoms with van der Waals surface area (Å²) in [5.74, 6) is 1.40. The van der Waals surface area contributed by atoms with Gasteiger partial charge in [-0.2, -0.15) is 0 Å². The average Bonchev–Trinajstić information content (AvgIpc) is 3.20. The van der Waals surface area contributed by atoms with Crippen LogP contribution < -0.4 is 4.74 Å². The molecular weight excluding hydrogens is 324 g/mol. The van der Waals surface area contributed by atoms with E-state index in [4.69, 9.17) is 9.15 Å². The van der Waals surface area contributed by atoms with Gasteiger partial charge < -0.3 is 9.15 Å². The molecule has 1 aliphatic heterocycles. The lowest BCUT2D eigenvalue weighted by atomic mass is 10.3. The van der Waals surface area contributed by atoms with Crippen LogP contribution in [-0.4, -0.2) is 29.6 Å². The standard InChI is InChI=1S/C18H18N2O3S/c1-3-10-20-17(21)16(12-15-5-4-11-23-15)24-18(20)19-13-6-8-14(22-2)9-7-13/h4-9,11-12H,3,10H2,1-2H3. The molecule has 0 atom stereocenters. The predicted octanol–water partition coefficient (Wildman–Crippen LogP) is 4.30. The van der Waals surface area contributed by atoms with Gasteiger partial charge in [-0.15, -0.1) is 0 Å². The van der Waals surface area contributed by atoms with Crippen LogP contribution in [0.15, 0.2) is 57.0 Å². The summed E-state index contributed by atoms with van der Waals surface area (Å²) in [5, 5.41) is 0.685. The maximum Gasteiger partial charge on any atom is 0.266 e. The summed E-state index contributed by atoms with van der Waals surface area (Å²) in [6, 6.07) is 11.1. The third-order valence-electron chi connectivity index (χ3n) is 3.45. The van der Waals surface area contributed by atoms with Crippen LogP contribution in [0.1, 0.15) is 19.1 Å². The Balaban J connectivity index is 1.89. The maximum atomic E-state index is 12.6. The highest BCUT2D eigenvalue weighted by Gasteiger charge is 2.32. The Hall–Kier alpha value is -2.47. The van der Waals surface area contributed by atoms with Gasteiger partial charge in [0.15, 0.2) is 5.17 Å². The van der Waals surface area contributed by atoms with E-state index in [-0.39, 0.29) is 5.91 Å². The van der Waals surface area contributed by atoms with Crippen LogP contribution in [0, 0.1) is 0 Å². The molecule has 0 aliphatic carbocycles. The molecule has 6 heteroatoms. The number of carbonyl (C=O) groups is 1. The first-order chi connectivity index (χ1) is 11.7. The van der Waals surface area contributed by atoms with E-state index in [2.05, 4.69) is 4.99 Å². The molecule has 0 saturated carbocycles. The Morgan fingerprint density at radius 1 is 1.29 bits per heavy atom. The molecule has 1 saturated heterocycles. The van der Waals surface area contributed by atoms with Gasteiger partial charge in [-0.3, -0.25) is 9.69 Å². The molecule has 3 rings (SSSR count). The topological polar surface area (TPSA) is 55.0 Å². The first-order valence-corrected chi connectivity index (χ1v) is 8.50. The van der Waals surface area contributed by atoms with Gasteiger partial charge in [-0.25, -0.2) is 4.99 Å². The molecule has 0 bridgehead atoms. The lowest BCUT2D eigenvalue weighted by molar-refractivity contribution is -0.122. The minimum atomic E-state index is -0.0366. The number of methoxy groups -OCH3 is 1. The fourth-order valence-corrected chi connectivity index (χ4v) is 3.29. The Kier molecular flexibility index (Phi) is 5.05. The normalized spacial score (nSPS) is 17.9. The van der Waals surface area contributed by atoms with Gasteiger partial charge in [-0.1, -0.05) is 6.92 Å². The number of aliphatic imine (C=N–C) groups is 1. The van der Waals surface area contributed by atoms with Gasteiger partial charge in [0.05, 0.1) is 24.0 Å². The van der Waals surface area contributed by atoms with E-state index in [0.29, 0.717) is 22.4 Å². The third-order valence-corrected chi connectivity index (χ3v) is 4.46. The number of rotatable bonds is 5. The zero-order valence-corrected chi connectivity index (χ0v) is 14.4. The van der Waals surface area contributed by atoms with Crippen LogP contribution in [0.2, 0.25) is 0 Å². The van der Waals surface area contributed by atoms with Gasteiger partial charge in [0.2, 0.25) is 0 Å². The molecule has 0 radical (unpaired) electrons. The van der Waals surface area contributed by atoms with Crippen molar-refractivity contribution in [1.29, 1.82) is 0 Å². The van der Waals surface area contributed by atoms with Gasteiger partial charge >= 0.3 is 0 Å². The molecule has 0 spiro atoms. The number of amides is 1. The van der Waals surface area contributed by atoms with Crippen molar-refractivity contribution < 1.29 is 13.9 Å². The van der Waals surface area contributed by atoms with Crippen molar-refractivity contribution >= 4 is 34.6 Å². The van der Waals surface area contributed by atoms with Crippen LogP contribution in [0.5, 0.6) is 5.75 Å². The molecule has 2 aromatic rings. The van der Waals surface area contributed by atoms with Crippen LogP contribution in [0.3, 0.4) is 0 Å². The van der Waals surface area contributed by atoms with Gasteiger partial charge in [0.25, 0.3) is 5.91 Å². The maximum absolute atomic E-state index is 12.6. The molecule has 1 aromatic carbocycles. The van der Waals surface area contributed by atoms with Crippen LogP contribution in [0.25, 0.3) is 6.08 Å². The molecule has 0 N–H and O–H groups in total. The number of furan rings is 1. The van der Waals surface area contributed by atoms with Crippen molar-refractivity contribution in [2.45, 2.75) is 13.3 Å². The number of amidine groups is 1. The SMILES string of the molecule is CCCN1C(=O)C(=Cc2ccco2)SC1=Nc1ccc(OC)cc1. The monoisotopic (exact) mass is 342 g/mol. The zero-order chi connectivity index (χ0) is 16.9. The van der Waals surface area contributed by atoms with E-state index < -0.39 is 0 Å². The lowest BCUT2D eigenvalue weighted by Crippen LogP contribution is -2.29. The molecule has 5 nitrogen and oxygen atoms in total. The Morgan fingerprint density at radius 3 is 2.71 bits per heavy atom. The third kappa shape index (κ3) is 3.54. The highest BCUT2D eigenvalue weighted by atomic mass is 32.2.